The van der Waals surface area contributed by atoms with E-state index in [-0.39, 0.29) is 0 Å². The molecule has 0 aromatic heterocycles. The lowest BCUT2D eigenvalue weighted by Gasteiger charge is -2.73. The van der Waals surface area contributed by atoms with Gasteiger partial charge in [-0.3, -0.25) is 0 Å². The van der Waals surface area contributed by atoms with Crippen LogP contribution in [0, 0.1) is 62.6 Å². The molecule has 0 heterocycles. The van der Waals surface area contributed by atoms with Gasteiger partial charge in [0.2, 0.25) is 0 Å². The lowest BCUT2D eigenvalue weighted by molar-refractivity contribution is -0.247. The Morgan fingerprint density at radius 1 is 0.600 bits per heavy atom. The van der Waals surface area contributed by atoms with Gasteiger partial charge in [0.25, 0.3) is 0 Å². The molecule has 0 nitrogen and oxygen atoms in total. The van der Waals surface area contributed by atoms with Crippen LogP contribution in [-0.4, -0.2) is 0 Å². The van der Waals surface area contributed by atoms with Gasteiger partial charge in [0, 0.05) is 0 Å². The van der Waals surface area contributed by atoms with Crippen LogP contribution in [0.5, 0.6) is 0 Å². The summed E-state index contributed by atoms with van der Waals surface area (Å²) in [6.45, 7) is 21.5. The van der Waals surface area contributed by atoms with Crippen molar-refractivity contribution < 1.29 is 0 Å². The average molecular weight is 413 g/mol. The van der Waals surface area contributed by atoms with Crippen LogP contribution in [-0.2, 0) is 0 Å². The summed E-state index contributed by atoms with van der Waals surface area (Å²) in [6.07, 6.45) is 16.6. The molecule has 0 radical (unpaired) electrons. The smallest absolute Gasteiger partial charge is 0.0235 e. The summed E-state index contributed by atoms with van der Waals surface area (Å²) in [7, 11) is 0. The van der Waals surface area contributed by atoms with Crippen LogP contribution < -0.4 is 0 Å². The molecule has 30 heavy (non-hydrogen) atoms. The standard InChI is InChI=1S/C30H52/c1-20-12-16-27(5)18-19-29(7)22(25(27)21(20)2)10-11-24-28(6)15-9-14-26(3,4)23(28)13-17-30(24,29)8/h20-25H,9-19H2,1-8H3/t20-,21+,22-,23?,24-,25+,27-,28+,29-,30-/m1/s1. The summed E-state index contributed by atoms with van der Waals surface area (Å²) in [4.78, 5) is 0. The van der Waals surface area contributed by atoms with E-state index in [0.717, 1.165) is 35.5 Å². The summed E-state index contributed by atoms with van der Waals surface area (Å²) < 4.78 is 0. The predicted molar refractivity (Wildman–Crippen MR) is 129 cm³/mol. The Morgan fingerprint density at radius 3 is 2.07 bits per heavy atom. The third kappa shape index (κ3) is 2.58. The van der Waals surface area contributed by atoms with Crippen molar-refractivity contribution in [3.05, 3.63) is 0 Å². The first kappa shape index (κ1) is 21.8. The molecular weight excluding hydrogens is 360 g/mol. The Bertz CT molecular complexity index is 690. The second kappa shape index (κ2) is 6.53. The molecule has 0 aromatic rings. The Balaban J connectivity index is 1.54. The van der Waals surface area contributed by atoms with E-state index in [0.29, 0.717) is 27.1 Å². The zero-order valence-electron chi connectivity index (χ0n) is 21.7. The fraction of sp³-hybridized carbons (Fsp3) is 1.00. The van der Waals surface area contributed by atoms with Crippen molar-refractivity contribution in [3.8, 4) is 0 Å². The molecule has 5 saturated carbocycles. The maximum absolute atomic E-state index is 2.81. The minimum absolute atomic E-state index is 0.560. The third-order valence-corrected chi connectivity index (χ3v) is 13.8. The first-order chi connectivity index (χ1) is 13.9. The lowest BCUT2D eigenvalue weighted by Crippen LogP contribution is -2.66. The van der Waals surface area contributed by atoms with Gasteiger partial charge in [0.05, 0.1) is 0 Å². The fourth-order valence-electron chi connectivity index (χ4n) is 11.8. The van der Waals surface area contributed by atoms with Crippen molar-refractivity contribution in [2.75, 3.05) is 0 Å². The third-order valence-electron chi connectivity index (χ3n) is 13.8. The van der Waals surface area contributed by atoms with E-state index in [4.69, 9.17) is 0 Å². The van der Waals surface area contributed by atoms with Crippen molar-refractivity contribution in [2.24, 2.45) is 62.6 Å². The summed E-state index contributed by atoms with van der Waals surface area (Å²) in [5.41, 5.74) is 2.92. The zero-order valence-corrected chi connectivity index (χ0v) is 21.7. The van der Waals surface area contributed by atoms with E-state index in [2.05, 4.69) is 55.4 Å². The maximum atomic E-state index is 2.81. The van der Waals surface area contributed by atoms with Gasteiger partial charge in [-0.1, -0.05) is 61.8 Å². The molecule has 172 valence electrons. The molecule has 0 bridgehead atoms. The van der Waals surface area contributed by atoms with Crippen molar-refractivity contribution >= 4 is 0 Å². The van der Waals surface area contributed by atoms with Crippen LogP contribution in [0.1, 0.15) is 126 Å². The van der Waals surface area contributed by atoms with E-state index in [1.165, 1.54) is 70.6 Å². The lowest BCUT2D eigenvalue weighted by atomic mass is 9.31. The van der Waals surface area contributed by atoms with Gasteiger partial charge in [-0.25, -0.2) is 0 Å². The average Bonchev–Trinajstić information content (AvgIpc) is 2.65. The molecule has 5 aliphatic rings. The minimum Gasteiger partial charge on any atom is -0.0622 e. The zero-order chi connectivity index (χ0) is 21.7. The van der Waals surface area contributed by atoms with Crippen molar-refractivity contribution in [1.82, 2.24) is 0 Å². The SMILES string of the molecule is C[C@@H]1[C@H]2[C@H]3CC[C@@H]4[C@@]5(C)CCCC(C)(C)C5CC[C@@]4(C)[C@]3(C)CC[C@@]2(C)CC[C@H]1C. The molecule has 0 aliphatic heterocycles. The number of hydrogen-bond donors (Lipinski definition) is 0. The number of rotatable bonds is 0. The largest absolute Gasteiger partial charge is 0.0622 e. The van der Waals surface area contributed by atoms with Gasteiger partial charge in [0.15, 0.2) is 0 Å². The molecule has 5 fully saturated rings. The summed E-state index contributed by atoms with van der Waals surface area (Å²) in [5, 5.41) is 0. The molecule has 5 aliphatic carbocycles. The van der Waals surface area contributed by atoms with E-state index in [9.17, 15) is 0 Å². The highest BCUT2D eigenvalue weighted by Crippen LogP contribution is 2.76. The molecule has 10 atom stereocenters. The van der Waals surface area contributed by atoms with Gasteiger partial charge < -0.3 is 0 Å². The highest BCUT2D eigenvalue weighted by Gasteiger charge is 2.69. The first-order valence-electron chi connectivity index (χ1n) is 13.9. The summed E-state index contributed by atoms with van der Waals surface area (Å²) >= 11 is 0. The Hall–Kier alpha value is 0. The number of fused-ring (bicyclic) bond motifs is 7. The van der Waals surface area contributed by atoms with Gasteiger partial charge in [0.1, 0.15) is 0 Å². The monoisotopic (exact) mass is 412 g/mol. The molecule has 0 aromatic carbocycles. The van der Waals surface area contributed by atoms with Crippen LogP contribution in [0.4, 0.5) is 0 Å². The van der Waals surface area contributed by atoms with Gasteiger partial charge >= 0.3 is 0 Å². The quantitative estimate of drug-likeness (QED) is 0.372. The molecule has 1 unspecified atom stereocenters. The van der Waals surface area contributed by atoms with Gasteiger partial charge in [-0.2, -0.15) is 0 Å². The highest BCUT2D eigenvalue weighted by molar-refractivity contribution is 5.17. The van der Waals surface area contributed by atoms with Crippen molar-refractivity contribution in [2.45, 2.75) is 126 Å². The van der Waals surface area contributed by atoms with Gasteiger partial charge in [-0.05, 0) is 127 Å². The van der Waals surface area contributed by atoms with E-state index in [1.54, 1.807) is 0 Å². The normalized spacial score (nSPS) is 60.0. The second-order valence-electron chi connectivity index (χ2n) is 15.1. The molecule has 5 rings (SSSR count). The summed E-state index contributed by atoms with van der Waals surface area (Å²) in [6, 6.07) is 0. The Labute approximate surface area is 188 Å². The molecule has 0 spiro atoms. The molecule has 0 heteroatoms. The van der Waals surface area contributed by atoms with Crippen LogP contribution in [0.3, 0.4) is 0 Å². The Kier molecular flexibility index (Phi) is 4.75. The fourth-order valence-corrected chi connectivity index (χ4v) is 11.8. The highest BCUT2D eigenvalue weighted by atomic mass is 14.7. The van der Waals surface area contributed by atoms with Crippen LogP contribution in [0.15, 0.2) is 0 Å². The van der Waals surface area contributed by atoms with E-state index in [1.807, 2.05) is 0 Å². The number of hydrogen-bond acceptors (Lipinski definition) is 0. The predicted octanol–water partition coefficient (Wildman–Crippen LogP) is 9.13. The van der Waals surface area contributed by atoms with Crippen molar-refractivity contribution in [1.29, 1.82) is 0 Å². The Morgan fingerprint density at radius 2 is 1.33 bits per heavy atom. The maximum Gasteiger partial charge on any atom is -0.0235 e. The molecular formula is C30H52. The first-order valence-corrected chi connectivity index (χ1v) is 13.9. The second-order valence-corrected chi connectivity index (χ2v) is 15.1. The molecule has 0 saturated heterocycles. The molecule has 0 N–H and O–H groups in total. The van der Waals surface area contributed by atoms with Gasteiger partial charge in [-0.15, -0.1) is 0 Å². The topological polar surface area (TPSA) is 0 Å². The van der Waals surface area contributed by atoms with Crippen molar-refractivity contribution in [3.63, 3.8) is 0 Å². The van der Waals surface area contributed by atoms with Crippen LogP contribution in [0.2, 0.25) is 0 Å². The molecule has 0 amide bonds. The van der Waals surface area contributed by atoms with Crippen LogP contribution >= 0.6 is 0 Å². The minimum atomic E-state index is 0.560. The van der Waals surface area contributed by atoms with E-state index < -0.39 is 0 Å². The summed E-state index contributed by atoms with van der Waals surface area (Å²) in [5.74, 6) is 5.74. The van der Waals surface area contributed by atoms with E-state index >= 15 is 0 Å². The van der Waals surface area contributed by atoms with Crippen LogP contribution in [0.25, 0.3) is 0 Å².